The highest BCUT2D eigenvalue weighted by Crippen LogP contribution is 2.23. The van der Waals surface area contributed by atoms with Gasteiger partial charge in [-0.1, -0.05) is 0 Å². The van der Waals surface area contributed by atoms with Crippen molar-refractivity contribution in [2.24, 2.45) is 7.05 Å². The normalized spacial score (nSPS) is 19.0. The van der Waals surface area contributed by atoms with Crippen LogP contribution in [0.1, 0.15) is 24.4 Å². The predicted molar refractivity (Wildman–Crippen MR) is 87.1 cm³/mol. The Hall–Kier alpha value is -2.13. The molecule has 0 unspecified atom stereocenters. The summed E-state index contributed by atoms with van der Waals surface area (Å²) < 4.78 is 34.6. The highest BCUT2D eigenvalue weighted by molar-refractivity contribution is 7.89. The van der Waals surface area contributed by atoms with E-state index in [2.05, 4.69) is 9.82 Å². The van der Waals surface area contributed by atoms with E-state index in [9.17, 15) is 13.2 Å². The molecule has 3 rings (SSSR count). The van der Waals surface area contributed by atoms with Gasteiger partial charge in [-0.2, -0.15) is 9.82 Å². The molecule has 0 aromatic carbocycles. The van der Waals surface area contributed by atoms with E-state index in [1.54, 1.807) is 42.7 Å². The van der Waals surface area contributed by atoms with Crippen LogP contribution in [0.2, 0.25) is 0 Å². The second kappa shape index (κ2) is 6.06. The van der Waals surface area contributed by atoms with E-state index in [-0.39, 0.29) is 10.8 Å². The molecular weight excluding hydrogens is 332 g/mol. The van der Waals surface area contributed by atoms with Crippen LogP contribution in [0.25, 0.3) is 0 Å². The van der Waals surface area contributed by atoms with E-state index < -0.39 is 16.1 Å². The van der Waals surface area contributed by atoms with Crippen molar-refractivity contribution in [3.8, 4) is 0 Å². The largest absolute Gasteiger partial charge is 0.465 e. The molecule has 1 amide bonds. The van der Waals surface area contributed by atoms with Crippen LogP contribution in [0.5, 0.6) is 0 Å². The lowest BCUT2D eigenvalue weighted by Crippen LogP contribution is -2.52. The van der Waals surface area contributed by atoms with Crippen molar-refractivity contribution in [3.05, 3.63) is 29.9 Å². The third-order valence-corrected chi connectivity index (χ3v) is 5.67. The van der Waals surface area contributed by atoms with E-state index in [0.717, 1.165) is 0 Å². The quantitative estimate of drug-likeness (QED) is 0.889. The Morgan fingerprint density at radius 3 is 2.71 bits per heavy atom. The van der Waals surface area contributed by atoms with Crippen LogP contribution in [-0.2, 0) is 21.9 Å². The van der Waals surface area contributed by atoms with Gasteiger partial charge in [0.05, 0.1) is 6.20 Å². The van der Waals surface area contributed by atoms with Crippen LogP contribution < -0.4 is 9.62 Å². The number of carbonyl (C=O) groups is 1. The molecule has 2 aromatic heterocycles. The Labute approximate surface area is 140 Å². The first kappa shape index (κ1) is 16.7. The number of aryl methyl sites for hydroxylation is 3. The second-order valence-electron chi connectivity index (χ2n) is 5.90. The second-order valence-corrected chi connectivity index (χ2v) is 7.58. The molecule has 1 saturated heterocycles. The summed E-state index contributed by atoms with van der Waals surface area (Å²) in [6.45, 7) is 3.81. The summed E-state index contributed by atoms with van der Waals surface area (Å²) in [6, 6.07) is 2.40. The minimum absolute atomic E-state index is 0.0745. The van der Waals surface area contributed by atoms with Crippen LogP contribution in [-0.4, -0.2) is 36.7 Å². The number of amides is 1. The molecule has 2 aromatic rings. The Kier molecular flexibility index (Phi) is 4.22. The fourth-order valence-electron chi connectivity index (χ4n) is 2.97. The molecule has 1 atom stereocenters. The molecule has 3 heterocycles. The molecule has 0 spiro atoms. The van der Waals surface area contributed by atoms with Gasteiger partial charge in [-0.05, 0) is 32.8 Å². The van der Waals surface area contributed by atoms with Crippen LogP contribution in [0, 0.1) is 13.8 Å². The minimum atomic E-state index is -3.82. The maximum Gasteiger partial charge on any atom is 0.246 e. The Bertz CT molecular complexity index is 868. The van der Waals surface area contributed by atoms with Gasteiger partial charge in [-0.3, -0.25) is 14.4 Å². The molecule has 1 fully saturated rings. The standard InChI is InChI=1S/C15H20N4O4S/c1-10-9-13(11(2)23-10)24(21,22)17-12-5-4-8-19(15(12)20)14-6-7-16-18(14)3/h6-7,9,12,17H,4-5,8H2,1-3H3/t12-/m0/s1. The SMILES string of the molecule is Cc1cc(S(=O)(=O)N[C@H]2CCCN(c3ccnn3C)C2=O)c(C)o1. The summed E-state index contributed by atoms with van der Waals surface area (Å²) in [6.07, 6.45) is 2.77. The van der Waals surface area contributed by atoms with E-state index >= 15 is 0 Å². The lowest BCUT2D eigenvalue weighted by Gasteiger charge is -2.32. The maximum atomic E-state index is 12.7. The summed E-state index contributed by atoms with van der Waals surface area (Å²) >= 11 is 0. The zero-order valence-corrected chi connectivity index (χ0v) is 14.6. The van der Waals surface area contributed by atoms with Crippen LogP contribution in [0.15, 0.2) is 27.6 Å². The van der Waals surface area contributed by atoms with E-state index in [4.69, 9.17) is 4.42 Å². The number of hydrogen-bond acceptors (Lipinski definition) is 5. The van der Waals surface area contributed by atoms with Crippen molar-refractivity contribution >= 4 is 21.7 Å². The summed E-state index contributed by atoms with van der Waals surface area (Å²) in [5.74, 6) is 1.21. The molecule has 1 N–H and O–H groups in total. The van der Waals surface area contributed by atoms with Gasteiger partial charge < -0.3 is 4.42 Å². The number of sulfonamides is 1. The lowest BCUT2D eigenvalue weighted by molar-refractivity contribution is -0.121. The number of aromatic nitrogens is 2. The molecule has 9 heteroatoms. The van der Waals surface area contributed by atoms with Gasteiger partial charge in [0, 0.05) is 19.7 Å². The maximum absolute atomic E-state index is 12.7. The number of nitrogens with one attached hydrogen (secondary N) is 1. The number of hydrogen-bond donors (Lipinski definition) is 1. The average molecular weight is 352 g/mol. The summed E-state index contributed by atoms with van der Waals surface area (Å²) in [5.41, 5.74) is 0. The summed E-state index contributed by atoms with van der Waals surface area (Å²) in [4.78, 5) is 14.4. The Morgan fingerprint density at radius 1 is 1.38 bits per heavy atom. The number of nitrogens with zero attached hydrogens (tertiary/aromatic N) is 3. The highest BCUT2D eigenvalue weighted by atomic mass is 32.2. The van der Waals surface area contributed by atoms with Crippen molar-refractivity contribution in [2.45, 2.75) is 37.6 Å². The van der Waals surface area contributed by atoms with Crippen molar-refractivity contribution in [2.75, 3.05) is 11.4 Å². The van der Waals surface area contributed by atoms with Gasteiger partial charge in [0.1, 0.15) is 28.3 Å². The minimum Gasteiger partial charge on any atom is -0.465 e. The third kappa shape index (κ3) is 2.96. The van der Waals surface area contributed by atoms with E-state index in [0.29, 0.717) is 36.7 Å². The topological polar surface area (TPSA) is 97.4 Å². The first-order valence-corrected chi connectivity index (χ1v) is 9.16. The third-order valence-electron chi connectivity index (χ3n) is 4.09. The fourth-order valence-corrected chi connectivity index (χ4v) is 4.43. The molecule has 0 radical (unpaired) electrons. The Morgan fingerprint density at radius 2 is 2.12 bits per heavy atom. The van der Waals surface area contributed by atoms with Crippen LogP contribution in [0.4, 0.5) is 5.82 Å². The molecule has 8 nitrogen and oxygen atoms in total. The molecule has 24 heavy (non-hydrogen) atoms. The zero-order valence-electron chi connectivity index (χ0n) is 13.8. The Balaban J connectivity index is 1.83. The number of rotatable bonds is 4. The average Bonchev–Trinajstić information content (AvgIpc) is 3.07. The van der Waals surface area contributed by atoms with Crippen molar-refractivity contribution in [1.29, 1.82) is 0 Å². The van der Waals surface area contributed by atoms with Gasteiger partial charge in [-0.25, -0.2) is 8.42 Å². The van der Waals surface area contributed by atoms with Gasteiger partial charge in [0.15, 0.2) is 0 Å². The smallest absolute Gasteiger partial charge is 0.246 e. The van der Waals surface area contributed by atoms with Gasteiger partial charge in [0.25, 0.3) is 0 Å². The van der Waals surface area contributed by atoms with Crippen LogP contribution >= 0.6 is 0 Å². The summed E-state index contributed by atoms with van der Waals surface area (Å²) in [5, 5.41) is 4.06. The number of carbonyl (C=O) groups excluding carboxylic acids is 1. The van der Waals surface area contributed by atoms with Crippen molar-refractivity contribution in [1.82, 2.24) is 14.5 Å². The van der Waals surface area contributed by atoms with Crippen molar-refractivity contribution in [3.63, 3.8) is 0 Å². The number of anilines is 1. The lowest BCUT2D eigenvalue weighted by atomic mass is 10.1. The van der Waals surface area contributed by atoms with Crippen LogP contribution in [0.3, 0.4) is 0 Å². The molecule has 1 aliphatic heterocycles. The first-order chi connectivity index (χ1) is 11.3. The fraction of sp³-hybridized carbons (Fsp3) is 0.467. The van der Waals surface area contributed by atoms with Gasteiger partial charge >= 0.3 is 0 Å². The number of furan rings is 1. The van der Waals surface area contributed by atoms with E-state index in [1.165, 1.54) is 6.07 Å². The van der Waals surface area contributed by atoms with Gasteiger partial charge in [0.2, 0.25) is 15.9 Å². The molecule has 0 saturated carbocycles. The summed E-state index contributed by atoms with van der Waals surface area (Å²) in [7, 11) is -2.07. The number of piperidine rings is 1. The van der Waals surface area contributed by atoms with Gasteiger partial charge in [-0.15, -0.1) is 0 Å². The first-order valence-electron chi connectivity index (χ1n) is 7.68. The molecular formula is C15H20N4O4S. The molecule has 1 aliphatic rings. The van der Waals surface area contributed by atoms with E-state index in [1.807, 2.05) is 0 Å². The monoisotopic (exact) mass is 352 g/mol. The molecule has 0 aliphatic carbocycles. The predicted octanol–water partition coefficient (Wildman–Crippen LogP) is 1.10. The van der Waals surface area contributed by atoms with Crippen molar-refractivity contribution < 1.29 is 17.6 Å². The molecule has 0 bridgehead atoms. The molecule has 130 valence electrons. The zero-order chi connectivity index (χ0) is 17.5. The highest BCUT2D eigenvalue weighted by Gasteiger charge is 2.35.